The van der Waals surface area contributed by atoms with E-state index in [1.807, 2.05) is 6.92 Å². The van der Waals surface area contributed by atoms with Crippen molar-refractivity contribution in [2.45, 2.75) is 6.92 Å². The van der Waals surface area contributed by atoms with Gasteiger partial charge in [0.1, 0.15) is 5.75 Å². The molecule has 19 heavy (non-hydrogen) atoms. The van der Waals surface area contributed by atoms with Crippen LogP contribution in [0.5, 0.6) is 5.75 Å². The Labute approximate surface area is 116 Å². The Kier molecular flexibility index (Phi) is 4.27. The Morgan fingerprint density at radius 2 is 2.32 bits per heavy atom. The number of benzene rings is 1. The second-order valence-electron chi connectivity index (χ2n) is 4.36. The van der Waals surface area contributed by atoms with E-state index in [-0.39, 0.29) is 25.0 Å². The Balaban J connectivity index is 1.89. The van der Waals surface area contributed by atoms with Gasteiger partial charge in [0.2, 0.25) is 5.91 Å². The summed E-state index contributed by atoms with van der Waals surface area (Å²) in [6.45, 7) is 2.90. The number of carbonyl (C=O) groups is 2. The number of hydrogen-bond donors (Lipinski definition) is 1. The predicted octanol–water partition coefficient (Wildman–Crippen LogP) is 0.986. The first-order valence-corrected chi connectivity index (χ1v) is 6.37. The normalized spacial score (nSPS) is 15.1. The monoisotopic (exact) mass is 282 g/mol. The van der Waals surface area contributed by atoms with Crippen molar-refractivity contribution in [3.63, 3.8) is 0 Å². The molecule has 0 spiro atoms. The molecule has 0 aromatic heterocycles. The number of rotatable bonds is 3. The number of nitrogens with one attached hydrogen (secondary N) is 1. The molecule has 102 valence electrons. The lowest BCUT2D eigenvalue weighted by molar-refractivity contribution is -0.139. The summed E-state index contributed by atoms with van der Waals surface area (Å²) in [5, 5.41) is 3.32. The van der Waals surface area contributed by atoms with Crippen LogP contribution >= 0.6 is 11.6 Å². The van der Waals surface area contributed by atoms with Gasteiger partial charge in [0.15, 0.2) is 6.61 Å². The van der Waals surface area contributed by atoms with E-state index in [9.17, 15) is 9.59 Å². The van der Waals surface area contributed by atoms with Gasteiger partial charge in [0, 0.05) is 18.1 Å². The number of ether oxygens (including phenoxy) is 1. The van der Waals surface area contributed by atoms with Crippen molar-refractivity contribution in [3.05, 3.63) is 28.8 Å². The minimum Gasteiger partial charge on any atom is -0.484 e. The van der Waals surface area contributed by atoms with Crippen LogP contribution in [0.1, 0.15) is 5.56 Å². The molecule has 5 nitrogen and oxygen atoms in total. The number of amides is 2. The van der Waals surface area contributed by atoms with Gasteiger partial charge >= 0.3 is 0 Å². The Morgan fingerprint density at radius 3 is 3.00 bits per heavy atom. The van der Waals surface area contributed by atoms with E-state index in [0.29, 0.717) is 23.9 Å². The lowest BCUT2D eigenvalue weighted by Gasteiger charge is -2.26. The molecule has 0 aliphatic carbocycles. The smallest absolute Gasteiger partial charge is 0.261 e. The van der Waals surface area contributed by atoms with Crippen molar-refractivity contribution in [3.8, 4) is 5.75 Å². The molecule has 0 unspecified atom stereocenters. The quantitative estimate of drug-likeness (QED) is 0.899. The molecule has 2 rings (SSSR count). The highest BCUT2D eigenvalue weighted by Gasteiger charge is 2.21. The van der Waals surface area contributed by atoms with Crippen molar-refractivity contribution >= 4 is 23.4 Å². The van der Waals surface area contributed by atoms with Gasteiger partial charge in [-0.15, -0.1) is 0 Å². The minimum atomic E-state index is -0.192. The van der Waals surface area contributed by atoms with Crippen LogP contribution in [0.4, 0.5) is 0 Å². The number of nitrogens with zero attached hydrogens (tertiary/aromatic N) is 1. The zero-order valence-corrected chi connectivity index (χ0v) is 11.4. The van der Waals surface area contributed by atoms with E-state index in [4.69, 9.17) is 16.3 Å². The summed E-state index contributed by atoms with van der Waals surface area (Å²) in [6.07, 6.45) is 0. The standard InChI is InChI=1S/C13H15ClN2O3/c1-9-6-10(2-3-11(9)14)19-8-13(18)16-5-4-15-12(17)7-16/h2-3,6H,4-5,7-8H2,1H3,(H,15,17). The highest BCUT2D eigenvalue weighted by Crippen LogP contribution is 2.20. The first-order chi connectivity index (χ1) is 9.06. The second-order valence-corrected chi connectivity index (χ2v) is 4.77. The van der Waals surface area contributed by atoms with E-state index in [1.165, 1.54) is 4.90 Å². The third kappa shape index (κ3) is 3.61. The summed E-state index contributed by atoms with van der Waals surface area (Å²) in [5.41, 5.74) is 0.893. The molecular formula is C13H15ClN2O3. The maximum absolute atomic E-state index is 11.9. The Morgan fingerprint density at radius 1 is 1.53 bits per heavy atom. The van der Waals surface area contributed by atoms with Crippen molar-refractivity contribution in [1.29, 1.82) is 0 Å². The number of piperazine rings is 1. The van der Waals surface area contributed by atoms with Gasteiger partial charge in [-0.1, -0.05) is 11.6 Å². The summed E-state index contributed by atoms with van der Waals surface area (Å²) >= 11 is 5.91. The van der Waals surface area contributed by atoms with E-state index < -0.39 is 0 Å². The molecule has 6 heteroatoms. The maximum atomic E-state index is 11.9. The fraction of sp³-hybridized carbons (Fsp3) is 0.385. The van der Waals surface area contributed by atoms with Gasteiger partial charge < -0.3 is 15.0 Å². The number of hydrogen-bond acceptors (Lipinski definition) is 3. The highest BCUT2D eigenvalue weighted by molar-refractivity contribution is 6.31. The molecule has 1 aromatic rings. The van der Waals surface area contributed by atoms with Crippen LogP contribution in [0.3, 0.4) is 0 Å². The highest BCUT2D eigenvalue weighted by atomic mass is 35.5. The van der Waals surface area contributed by atoms with Gasteiger partial charge in [0.25, 0.3) is 5.91 Å². The Hall–Kier alpha value is -1.75. The van der Waals surface area contributed by atoms with E-state index in [1.54, 1.807) is 18.2 Å². The van der Waals surface area contributed by atoms with Crippen molar-refractivity contribution < 1.29 is 14.3 Å². The van der Waals surface area contributed by atoms with Crippen LogP contribution in [-0.4, -0.2) is 43.0 Å². The molecule has 1 aliphatic heterocycles. The predicted molar refractivity (Wildman–Crippen MR) is 71.3 cm³/mol. The zero-order chi connectivity index (χ0) is 13.8. The van der Waals surface area contributed by atoms with Gasteiger partial charge in [0.05, 0.1) is 6.54 Å². The Bertz CT molecular complexity index is 505. The second kappa shape index (κ2) is 5.93. The fourth-order valence-corrected chi connectivity index (χ4v) is 1.91. The first kappa shape index (κ1) is 13.7. The van der Waals surface area contributed by atoms with Crippen LogP contribution in [0.15, 0.2) is 18.2 Å². The molecule has 0 bridgehead atoms. The van der Waals surface area contributed by atoms with Crippen molar-refractivity contribution in [1.82, 2.24) is 10.2 Å². The number of halogens is 1. The summed E-state index contributed by atoms with van der Waals surface area (Å²) < 4.78 is 5.41. The van der Waals surface area contributed by atoms with Crippen LogP contribution in [0, 0.1) is 6.92 Å². The molecule has 0 atom stereocenters. The van der Waals surface area contributed by atoms with E-state index in [0.717, 1.165) is 5.56 Å². The minimum absolute atomic E-state index is 0.0750. The van der Waals surface area contributed by atoms with Crippen LogP contribution < -0.4 is 10.1 Å². The summed E-state index contributed by atoms with van der Waals surface area (Å²) in [7, 11) is 0. The molecule has 1 heterocycles. The molecule has 1 aliphatic rings. The van der Waals surface area contributed by atoms with Crippen LogP contribution in [0.2, 0.25) is 5.02 Å². The molecule has 1 fully saturated rings. The molecule has 2 amide bonds. The maximum Gasteiger partial charge on any atom is 0.261 e. The van der Waals surface area contributed by atoms with Crippen molar-refractivity contribution in [2.75, 3.05) is 26.2 Å². The zero-order valence-electron chi connectivity index (χ0n) is 10.6. The first-order valence-electron chi connectivity index (χ1n) is 5.99. The molecule has 0 saturated carbocycles. The molecule has 1 N–H and O–H groups in total. The lowest BCUT2D eigenvalue weighted by atomic mass is 10.2. The number of carbonyl (C=O) groups excluding carboxylic acids is 2. The van der Waals surface area contributed by atoms with Gasteiger partial charge in [-0.2, -0.15) is 0 Å². The SMILES string of the molecule is Cc1cc(OCC(=O)N2CCNC(=O)C2)ccc1Cl. The lowest BCUT2D eigenvalue weighted by Crippen LogP contribution is -2.51. The van der Waals surface area contributed by atoms with Gasteiger partial charge in [-0.3, -0.25) is 9.59 Å². The van der Waals surface area contributed by atoms with E-state index >= 15 is 0 Å². The largest absolute Gasteiger partial charge is 0.484 e. The summed E-state index contributed by atoms with van der Waals surface area (Å²) in [4.78, 5) is 24.5. The number of aryl methyl sites for hydroxylation is 1. The molecule has 0 radical (unpaired) electrons. The van der Waals surface area contributed by atoms with Gasteiger partial charge in [-0.05, 0) is 30.7 Å². The summed E-state index contributed by atoms with van der Waals surface area (Å²) in [6, 6.07) is 5.22. The molecule has 1 saturated heterocycles. The fourth-order valence-electron chi connectivity index (χ4n) is 1.79. The van der Waals surface area contributed by atoms with Gasteiger partial charge in [-0.25, -0.2) is 0 Å². The molecular weight excluding hydrogens is 268 g/mol. The van der Waals surface area contributed by atoms with E-state index in [2.05, 4.69) is 5.32 Å². The van der Waals surface area contributed by atoms with Crippen LogP contribution in [0.25, 0.3) is 0 Å². The third-order valence-electron chi connectivity index (χ3n) is 2.88. The topological polar surface area (TPSA) is 58.6 Å². The average Bonchev–Trinajstić information content (AvgIpc) is 2.40. The van der Waals surface area contributed by atoms with Crippen LogP contribution in [-0.2, 0) is 9.59 Å². The summed E-state index contributed by atoms with van der Waals surface area (Å²) in [5.74, 6) is 0.265. The molecule has 1 aromatic carbocycles. The third-order valence-corrected chi connectivity index (χ3v) is 3.31. The average molecular weight is 283 g/mol. The van der Waals surface area contributed by atoms with Crippen molar-refractivity contribution in [2.24, 2.45) is 0 Å².